The highest BCUT2D eigenvalue weighted by Crippen LogP contribution is 2.12. The van der Waals surface area contributed by atoms with E-state index in [1.807, 2.05) is 20.0 Å². The van der Waals surface area contributed by atoms with Crippen LogP contribution in [-0.4, -0.2) is 35.4 Å². The summed E-state index contributed by atoms with van der Waals surface area (Å²) >= 11 is 1.68. The predicted molar refractivity (Wildman–Crippen MR) is 78.3 cm³/mol. The number of hydrogen-bond acceptors (Lipinski definition) is 4. The summed E-state index contributed by atoms with van der Waals surface area (Å²) in [5.41, 5.74) is 5.80. The molecule has 1 aromatic rings. The zero-order chi connectivity index (χ0) is 12.8. The Hall–Kier alpha value is -0.650. The first-order valence-corrected chi connectivity index (χ1v) is 6.78. The van der Waals surface area contributed by atoms with Gasteiger partial charge in [0.1, 0.15) is 0 Å². The monoisotopic (exact) mass is 291 g/mol. The molecule has 0 radical (unpaired) electrons. The van der Waals surface area contributed by atoms with Crippen LogP contribution >= 0.6 is 23.7 Å². The van der Waals surface area contributed by atoms with Crippen LogP contribution in [0.25, 0.3) is 0 Å². The van der Waals surface area contributed by atoms with E-state index in [2.05, 4.69) is 4.98 Å². The molecule has 0 saturated heterocycles. The maximum Gasteiger partial charge on any atom is 0.239 e. The molecule has 0 bridgehead atoms. The lowest BCUT2D eigenvalue weighted by molar-refractivity contribution is -0.131. The highest BCUT2D eigenvalue weighted by molar-refractivity contribution is 7.11. The second-order valence-electron chi connectivity index (χ2n) is 4.27. The number of hydrogen-bond donors (Lipinski definition) is 1. The number of halogens is 1. The predicted octanol–water partition coefficient (Wildman–Crippen LogP) is 2.00. The van der Waals surface area contributed by atoms with Crippen molar-refractivity contribution in [2.24, 2.45) is 5.73 Å². The van der Waals surface area contributed by atoms with Gasteiger partial charge in [0.05, 0.1) is 11.0 Å². The third kappa shape index (κ3) is 5.33. The number of likely N-dealkylation sites (N-methyl/N-ethyl adjacent to an activating group) is 1. The fraction of sp³-hybridized carbons (Fsp3) is 0.667. The van der Waals surface area contributed by atoms with E-state index in [1.54, 1.807) is 23.3 Å². The molecule has 0 aliphatic rings. The Balaban J connectivity index is 0.00000289. The fourth-order valence-electron chi connectivity index (χ4n) is 1.61. The van der Waals surface area contributed by atoms with Crippen LogP contribution in [0, 0.1) is 6.92 Å². The first-order valence-electron chi connectivity index (χ1n) is 5.96. The summed E-state index contributed by atoms with van der Waals surface area (Å²) in [5.74, 6) is 0.0279. The van der Waals surface area contributed by atoms with E-state index >= 15 is 0 Å². The van der Waals surface area contributed by atoms with Crippen molar-refractivity contribution in [1.29, 1.82) is 0 Å². The SMILES string of the molecule is CCCC(N)C(=O)N(C)CCc1ncc(C)s1.Cl. The van der Waals surface area contributed by atoms with Crippen molar-refractivity contribution in [2.75, 3.05) is 13.6 Å². The Morgan fingerprint density at radius 1 is 1.61 bits per heavy atom. The molecule has 104 valence electrons. The summed E-state index contributed by atoms with van der Waals surface area (Å²) in [6.07, 6.45) is 4.36. The quantitative estimate of drug-likeness (QED) is 0.872. The molecule has 18 heavy (non-hydrogen) atoms. The number of thiazole rings is 1. The van der Waals surface area contributed by atoms with E-state index < -0.39 is 0 Å². The summed E-state index contributed by atoms with van der Waals surface area (Å²) < 4.78 is 0. The Morgan fingerprint density at radius 2 is 2.28 bits per heavy atom. The van der Waals surface area contributed by atoms with Gasteiger partial charge in [-0.1, -0.05) is 13.3 Å². The van der Waals surface area contributed by atoms with E-state index in [0.29, 0.717) is 6.54 Å². The second kappa shape index (κ2) is 8.45. The van der Waals surface area contributed by atoms with Crippen LogP contribution in [0.15, 0.2) is 6.20 Å². The van der Waals surface area contributed by atoms with Crippen molar-refractivity contribution in [3.8, 4) is 0 Å². The summed E-state index contributed by atoms with van der Waals surface area (Å²) in [6.45, 7) is 4.75. The summed E-state index contributed by atoms with van der Waals surface area (Å²) in [7, 11) is 1.80. The molecule has 1 aromatic heterocycles. The van der Waals surface area contributed by atoms with E-state index in [9.17, 15) is 4.79 Å². The topological polar surface area (TPSA) is 59.2 Å². The van der Waals surface area contributed by atoms with Crippen molar-refractivity contribution < 1.29 is 4.79 Å². The molecule has 0 saturated carbocycles. The zero-order valence-electron chi connectivity index (χ0n) is 11.2. The number of nitrogens with zero attached hydrogens (tertiary/aromatic N) is 2. The lowest BCUT2D eigenvalue weighted by Crippen LogP contribution is -2.42. The van der Waals surface area contributed by atoms with Gasteiger partial charge in [-0.2, -0.15) is 0 Å². The molecule has 1 unspecified atom stereocenters. The van der Waals surface area contributed by atoms with Crippen LogP contribution in [0.4, 0.5) is 0 Å². The number of rotatable bonds is 6. The van der Waals surface area contributed by atoms with Crippen molar-refractivity contribution in [1.82, 2.24) is 9.88 Å². The minimum absolute atomic E-state index is 0. The molecule has 0 aliphatic heterocycles. The van der Waals surface area contributed by atoms with Gasteiger partial charge >= 0.3 is 0 Å². The standard InChI is InChI=1S/C12H21N3OS.ClH/c1-4-5-10(13)12(16)15(3)7-6-11-14-8-9(2)17-11;/h8,10H,4-7,13H2,1-3H3;1H. The minimum atomic E-state index is -0.358. The molecule has 0 aliphatic carbocycles. The molecule has 1 rings (SSSR count). The van der Waals surface area contributed by atoms with Crippen molar-refractivity contribution in [3.05, 3.63) is 16.1 Å². The van der Waals surface area contributed by atoms with Gasteiger partial charge < -0.3 is 10.6 Å². The largest absolute Gasteiger partial charge is 0.344 e. The van der Waals surface area contributed by atoms with Gasteiger partial charge in [0, 0.05) is 31.1 Å². The average Bonchev–Trinajstić information content (AvgIpc) is 2.71. The normalized spacial score (nSPS) is 11.8. The molecule has 1 amide bonds. The van der Waals surface area contributed by atoms with Crippen molar-refractivity contribution in [3.63, 3.8) is 0 Å². The lowest BCUT2D eigenvalue weighted by atomic mass is 10.1. The van der Waals surface area contributed by atoms with E-state index in [0.717, 1.165) is 24.3 Å². The van der Waals surface area contributed by atoms with Gasteiger partial charge in [-0.25, -0.2) is 4.98 Å². The number of carbonyl (C=O) groups is 1. The van der Waals surface area contributed by atoms with Gasteiger partial charge in [0.2, 0.25) is 5.91 Å². The first kappa shape index (κ1) is 17.4. The first-order chi connectivity index (χ1) is 8.04. The van der Waals surface area contributed by atoms with Crippen LogP contribution in [0.2, 0.25) is 0 Å². The van der Waals surface area contributed by atoms with E-state index in [4.69, 9.17) is 5.73 Å². The lowest BCUT2D eigenvalue weighted by Gasteiger charge is -2.20. The van der Waals surface area contributed by atoms with Crippen LogP contribution < -0.4 is 5.73 Å². The van der Waals surface area contributed by atoms with Gasteiger partial charge in [0.25, 0.3) is 0 Å². The van der Waals surface area contributed by atoms with Crippen LogP contribution in [-0.2, 0) is 11.2 Å². The van der Waals surface area contributed by atoms with Crippen molar-refractivity contribution >= 4 is 29.7 Å². The summed E-state index contributed by atoms with van der Waals surface area (Å²) in [6, 6.07) is -0.358. The average molecular weight is 292 g/mol. The molecule has 6 heteroatoms. The molecular weight excluding hydrogens is 270 g/mol. The Labute approximate surface area is 119 Å². The Kier molecular flexibility index (Phi) is 8.15. The summed E-state index contributed by atoms with van der Waals surface area (Å²) in [5, 5.41) is 1.08. The molecular formula is C12H22ClN3OS. The summed E-state index contributed by atoms with van der Waals surface area (Å²) in [4.78, 5) is 19.0. The maximum atomic E-state index is 11.8. The van der Waals surface area contributed by atoms with E-state index in [1.165, 1.54) is 4.88 Å². The van der Waals surface area contributed by atoms with E-state index in [-0.39, 0.29) is 24.4 Å². The molecule has 1 heterocycles. The van der Waals surface area contributed by atoms with Crippen LogP contribution in [0.3, 0.4) is 0 Å². The molecule has 4 nitrogen and oxygen atoms in total. The van der Waals surface area contributed by atoms with Gasteiger partial charge in [-0.3, -0.25) is 4.79 Å². The fourth-order valence-corrected chi connectivity index (χ4v) is 2.38. The number of aryl methyl sites for hydroxylation is 1. The zero-order valence-corrected chi connectivity index (χ0v) is 12.8. The van der Waals surface area contributed by atoms with Gasteiger partial charge in [-0.15, -0.1) is 23.7 Å². The number of carbonyl (C=O) groups excluding carboxylic acids is 1. The molecule has 0 spiro atoms. The number of amides is 1. The van der Waals surface area contributed by atoms with Crippen LogP contribution in [0.5, 0.6) is 0 Å². The number of nitrogens with two attached hydrogens (primary N) is 1. The third-order valence-electron chi connectivity index (χ3n) is 2.62. The number of aromatic nitrogens is 1. The van der Waals surface area contributed by atoms with Gasteiger partial charge in [-0.05, 0) is 13.3 Å². The Morgan fingerprint density at radius 3 is 2.78 bits per heavy atom. The smallest absolute Gasteiger partial charge is 0.239 e. The van der Waals surface area contributed by atoms with Gasteiger partial charge in [0.15, 0.2) is 0 Å². The second-order valence-corrected chi connectivity index (χ2v) is 5.59. The Bertz CT molecular complexity index is 370. The maximum absolute atomic E-state index is 11.8. The third-order valence-corrected chi connectivity index (χ3v) is 3.60. The molecule has 1 atom stereocenters. The molecule has 2 N–H and O–H groups in total. The molecule has 0 fully saturated rings. The van der Waals surface area contributed by atoms with Crippen LogP contribution in [0.1, 0.15) is 29.7 Å². The van der Waals surface area contributed by atoms with Crippen molar-refractivity contribution in [2.45, 2.75) is 39.2 Å². The minimum Gasteiger partial charge on any atom is -0.344 e. The highest BCUT2D eigenvalue weighted by atomic mass is 35.5. The highest BCUT2D eigenvalue weighted by Gasteiger charge is 2.16. The molecule has 0 aromatic carbocycles.